The van der Waals surface area contributed by atoms with Gasteiger partial charge in [0.25, 0.3) is 0 Å². The van der Waals surface area contributed by atoms with Crippen LogP contribution in [0.25, 0.3) is 11.1 Å². The zero-order valence-corrected chi connectivity index (χ0v) is 12.2. The molecule has 0 spiro atoms. The van der Waals surface area contributed by atoms with Gasteiger partial charge >= 0.3 is 0 Å². The van der Waals surface area contributed by atoms with Crippen LogP contribution in [0.4, 0.5) is 5.69 Å². The molecule has 1 fully saturated rings. The van der Waals surface area contributed by atoms with Crippen LogP contribution in [0, 0.1) is 11.3 Å². The Morgan fingerprint density at radius 1 is 0.905 bits per heavy atom. The summed E-state index contributed by atoms with van der Waals surface area (Å²) in [6, 6.07) is 19.1. The summed E-state index contributed by atoms with van der Waals surface area (Å²) < 4.78 is 0. The SMILES string of the molecule is N#Cc1c(NC2CCCCC2)cccc1-c1ccccc1. The van der Waals surface area contributed by atoms with E-state index >= 15 is 0 Å². The monoisotopic (exact) mass is 276 g/mol. The van der Waals surface area contributed by atoms with Gasteiger partial charge in [0, 0.05) is 11.6 Å². The molecule has 3 rings (SSSR count). The lowest BCUT2D eigenvalue weighted by Crippen LogP contribution is -2.22. The summed E-state index contributed by atoms with van der Waals surface area (Å²) in [7, 11) is 0. The van der Waals surface area contributed by atoms with E-state index in [2.05, 4.69) is 23.5 Å². The summed E-state index contributed by atoms with van der Waals surface area (Å²) in [6.45, 7) is 0. The highest BCUT2D eigenvalue weighted by Crippen LogP contribution is 2.30. The molecule has 2 heteroatoms. The molecule has 0 unspecified atom stereocenters. The summed E-state index contributed by atoms with van der Waals surface area (Å²) in [4.78, 5) is 0. The van der Waals surface area contributed by atoms with Crippen molar-refractivity contribution in [2.45, 2.75) is 38.1 Å². The molecule has 0 bridgehead atoms. The molecule has 1 N–H and O–H groups in total. The van der Waals surface area contributed by atoms with Crippen molar-refractivity contribution in [2.24, 2.45) is 0 Å². The van der Waals surface area contributed by atoms with Gasteiger partial charge in [-0.3, -0.25) is 0 Å². The summed E-state index contributed by atoms with van der Waals surface area (Å²) in [6.07, 6.45) is 6.34. The third-order valence-corrected chi connectivity index (χ3v) is 4.23. The number of hydrogen-bond donors (Lipinski definition) is 1. The number of nitrogens with zero attached hydrogens (tertiary/aromatic N) is 1. The highest BCUT2D eigenvalue weighted by molar-refractivity contribution is 5.77. The minimum absolute atomic E-state index is 0.511. The first-order valence-corrected chi connectivity index (χ1v) is 7.73. The van der Waals surface area contributed by atoms with Gasteiger partial charge in [-0.2, -0.15) is 5.26 Å². The lowest BCUT2D eigenvalue weighted by molar-refractivity contribution is 0.462. The smallest absolute Gasteiger partial charge is 0.102 e. The van der Waals surface area contributed by atoms with Crippen molar-refractivity contribution in [3.05, 3.63) is 54.1 Å². The Kier molecular flexibility index (Phi) is 4.21. The van der Waals surface area contributed by atoms with Crippen LogP contribution in [-0.2, 0) is 0 Å². The third-order valence-electron chi connectivity index (χ3n) is 4.23. The topological polar surface area (TPSA) is 35.8 Å². The summed E-state index contributed by atoms with van der Waals surface area (Å²) in [5.74, 6) is 0. The predicted octanol–water partition coefficient (Wildman–Crippen LogP) is 4.97. The molecule has 1 aliphatic rings. The summed E-state index contributed by atoms with van der Waals surface area (Å²) in [5.41, 5.74) is 3.85. The van der Waals surface area contributed by atoms with Crippen molar-refractivity contribution >= 4 is 5.69 Å². The van der Waals surface area contributed by atoms with E-state index in [4.69, 9.17) is 0 Å². The molecule has 1 aliphatic carbocycles. The Balaban J connectivity index is 1.93. The van der Waals surface area contributed by atoms with Gasteiger partial charge in [0.15, 0.2) is 0 Å². The summed E-state index contributed by atoms with van der Waals surface area (Å²) in [5, 5.41) is 13.2. The summed E-state index contributed by atoms with van der Waals surface area (Å²) >= 11 is 0. The highest BCUT2D eigenvalue weighted by atomic mass is 14.9. The van der Waals surface area contributed by atoms with E-state index < -0.39 is 0 Å². The lowest BCUT2D eigenvalue weighted by atomic mass is 9.94. The molecule has 2 nitrogen and oxygen atoms in total. The van der Waals surface area contributed by atoms with Crippen molar-refractivity contribution in [1.82, 2.24) is 0 Å². The third kappa shape index (κ3) is 3.08. The first-order chi connectivity index (χ1) is 10.4. The molecule has 0 heterocycles. The fraction of sp³-hybridized carbons (Fsp3) is 0.316. The van der Waals surface area contributed by atoms with Crippen LogP contribution in [-0.4, -0.2) is 6.04 Å². The van der Waals surface area contributed by atoms with Gasteiger partial charge in [-0.05, 0) is 24.5 Å². The van der Waals surface area contributed by atoms with E-state index in [0.717, 1.165) is 22.4 Å². The van der Waals surface area contributed by atoms with Gasteiger partial charge in [-0.25, -0.2) is 0 Å². The molecule has 0 saturated heterocycles. The van der Waals surface area contributed by atoms with Crippen LogP contribution in [0.3, 0.4) is 0 Å². The number of hydrogen-bond acceptors (Lipinski definition) is 2. The zero-order valence-electron chi connectivity index (χ0n) is 12.2. The van der Waals surface area contributed by atoms with Gasteiger partial charge in [0.2, 0.25) is 0 Å². The Hall–Kier alpha value is -2.27. The number of nitriles is 1. The maximum absolute atomic E-state index is 9.60. The van der Waals surface area contributed by atoms with E-state index in [1.54, 1.807) is 0 Å². The molecule has 2 aromatic rings. The number of anilines is 1. The second-order valence-corrected chi connectivity index (χ2v) is 5.69. The molecule has 0 aromatic heterocycles. The molecule has 2 aromatic carbocycles. The minimum atomic E-state index is 0.511. The average molecular weight is 276 g/mol. The quantitative estimate of drug-likeness (QED) is 0.859. The van der Waals surface area contributed by atoms with Crippen LogP contribution < -0.4 is 5.32 Å². The molecular formula is C19H20N2. The van der Waals surface area contributed by atoms with Gasteiger partial charge < -0.3 is 5.32 Å². The highest BCUT2D eigenvalue weighted by Gasteiger charge is 2.16. The average Bonchev–Trinajstić information content (AvgIpc) is 2.56. The number of nitrogens with one attached hydrogen (secondary N) is 1. The lowest BCUT2D eigenvalue weighted by Gasteiger charge is -2.24. The second-order valence-electron chi connectivity index (χ2n) is 5.69. The first-order valence-electron chi connectivity index (χ1n) is 7.73. The van der Waals surface area contributed by atoms with Crippen molar-refractivity contribution < 1.29 is 0 Å². The van der Waals surface area contributed by atoms with Crippen LogP contribution >= 0.6 is 0 Å². The molecule has 0 atom stereocenters. The molecule has 0 aliphatic heterocycles. The molecule has 1 saturated carbocycles. The van der Waals surface area contributed by atoms with Crippen molar-refractivity contribution in [1.29, 1.82) is 5.26 Å². The number of rotatable bonds is 3. The van der Waals surface area contributed by atoms with Gasteiger partial charge in [-0.15, -0.1) is 0 Å². The van der Waals surface area contributed by atoms with E-state index in [-0.39, 0.29) is 0 Å². The Morgan fingerprint density at radius 3 is 2.38 bits per heavy atom. The number of benzene rings is 2. The Morgan fingerprint density at radius 2 is 1.67 bits per heavy atom. The van der Waals surface area contributed by atoms with E-state index in [0.29, 0.717) is 6.04 Å². The van der Waals surface area contributed by atoms with Crippen molar-refractivity contribution in [2.75, 3.05) is 5.32 Å². The van der Waals surface area contributed by atoms with E-state index in [1.165, 1.54) is 32.1 Å². The molecule has 0 amide bonds. The fourth-order valence-electron chi connectivity index (χ4n) is 3.12. The fourth-order valence-corrected chi connectivity index (χ4v) is 3.12. The van der Waals surface area contributed by atoms with Gasteiger partial charge in [0.1, 0.15) is 6.07 Å². The van der Waals surface area contributed by atoms with Gasteiger partial charge in [-0.1, -0.05) is 61.7 Å². The van der Waals surface area contributed by atoms with Crippen molar-refractivity contribution in [3.63, 3.8) is 0 Å². The van der Waals surface area contributed by atoms with Crippen LogP contribution in [0.5, 0.6) is 0 Å². The van der Waals surface area contributed by atoms with Crippen molar-refractivity contribution in [3.8, 4) is 17.2 Å². The Labute approximate surface area is 126 Å². The largest absolute Gasteiger partial charge is 0.381 e. The molecule has 0 radical (unpaired) electrons. The zero-order chi connectivity index (χ0) is 14.5. The normalized spacial score (nSPS) is 15.4. The van der Waals surface area contributed by atoms with Crippen LogP contribution in [0.2, 0.25) is 0 Å². The predicted molar refractivity (Wildman–Crippen MR) is 87.1 cm³/mol. The van der Waals surface area contributed by atoms with Crippen LogP contribution in [0.1, 0.15) is 37.7 Å². The molecule has 106 valence electrons. The van der Waals surface area contributed by atoms with E-state index in [1.807, 2.05) is 36.4 Å². The maximum atomic E-state index is 9.60. The Bertz CT molecular complexity index is 634. The first kappa shape index (κ1) is 13.7. The second kappa shape index (κ2) is 6.45. The maximum Gasteiger partial charge on any atom is 0.102 e. The molecular weight excluding hydrogens is 256 g/mol. The molecule has 21 heavy (non-hydrogen) atoms. The van der Waals surface area contributed by atoms with E-state index in [9.17, 15) is 5.26 Å². The minimum Gasteiger partial charge on any atom is -0.381 e. The van der Waals surface area contributed by atoms with Gasteiger partial charge in [0.05, 0.1) is 11.3 Å². The van der Waals surface area contributed by atoms with Crippen LogP contribution in [0.15, 0.2) is 48.5 Å². The standard InChI is InChI=1S/C19H20N2/c20-14-18-17(15-8-3-1-4-9-15)12-7-13-19(18)21-16-10-5-2-6-11-16/h1,3-4,7-9,12-13,16,21H,2,5-6,10-11H2.